The summed E-state index contributed by atoms with van der Waals surface area (Å²) in [5, 5.41) is 36.2. The minimum Gasteiger partial charge on any atom is -0.399 e. The van der Waals surface area contributed by atoms with Gasteiger partial charge in [0, 0.05) is 43.0 Å². The van der Waals surface area contributed by atoms with Crippen molar-refractivity contribution in [1.29, 1.82) is 0 Å². The smallest absolute Gasteiger partial charge is 0.254 e. The van der Waals surface area contributed by atoms with Gasteiger partial charge in [0.25, 0.3) is 11.8 Å². The van der Waals surface area contributed by atoms with E-state index in [-0.39, 0.29) is 69.4 Å². The Morgan fingerprint density at radius 2 is 1.04 bits per heavy atom. The van der Waals surface area contributed by atoms with Crippen molar-refractivity contribution in [1.82, 2.24) is 9.80 Å². The number of nitrogens with two attached hydrogens (primary N) is 1. The Morgan fingerprint density at radius 1 is 0.720 bits per heavy atom. The van der Waals surface area contributed by atoms with Gasteiger partial charge in [-0.25, -0.2) is 0 Å². The van der Waals surface area contributed by atoms with E-state index in [4.69, 9.17) is 26.2 Å². The highest BCUT2D eigenvalue weighted by Crippen LogP contribution is 2.16. The average molecular weight is 355 g/mol. The first-order chi connectivity index (χ1) is 12.0. The van der Waals surface area contributed by atoms with Gasteiger partial charge in [0.05, 0.1) is 26.4 Å². The molecule has 6 N–H and O–H groups in total. The highest BCUT2D eigenvalue weighted by Gasteiger charge is 2.20. The Bertz CT molecular complexity index is 523. The maximum atomic E-state index is 12.5. The van der Waals surface area contributed by atoms with Crippen LogP contribution in [0.1, 0.15) is 20.7 Å². The van der Waals surface area contributed by atoms with E-state index in [9.17, 15) is 9.59 Å². The second-order valence-electron chi connectivity index (χ2n) is 5.32. The van der Waals surface area contributed by atoms with Crippen molar-refractivity contribution in [2.24, 2.45) is 0 Å². The fourth-order valence-electron chi connectivity index (χ4n) is 2.38. The highest BCUT2D eigenvalue weighted by molar-refractivity contribution is 6.01. The van der Waals surface area contributed by atoms with E-state index < -0.39 is 11.8 Å². The van der Waals surface area contributed by atoms with Gasteiger partial charge >= 0.3 is 0 Å². The van der Waals surface area contributed by atoms with Gasteiger partial charge in [-0.05, 0) is 18.2 Å². The lowest BCUT2D eigenvalue weighted by atomic mass is 10.1. The van der Waals surface area contributed by atoms with E-state index in [1.165, 1.54) is 28.0 Å². The number of anilines is 1. The van der Waals surface area contributed by atoms with Crippen LogP contribution in [-0.4, -0.2) is 94.6 Å². The first-order valence-electron chi connectivity index (χ1n) is 7.91. The molecule has 9 nitrogen and oxygen atoms in total. The standard InChI is InChI=1S/C16H25N3O6/c17-14-10-12(15(24)18(1-5-20)2-6-21)9-13(11-14)16(25)19(3-7-22)4-8-23/h9-11,20-23H,1-8,17H2. The van der Waals surface area contributed by atoms with Crippen molar-refractivity contribution < 1.29 is 30.0 Å². The molecule has 1 aromatic rings. The molecule has 0 heterocycles. The second-order valence-corrected chi connectivity index (χ2v) is 5.32. The van der Waals surface area contributed by atoms with Crippen LogP contribution >= 0.6 is 0 Å². The van der Waals surface area contributed by atoms with Crippen LogP contribution < -0.4 is 5.73 Å². The van der Waals surface area contributed by atoms with Gasteiger partial charge < -0.3 is 36.0 Å². The SMILES string of the molecule is Nc1cc(C(=O)N(CCO)CCO)cc(C(=O)N(CCO)CCO)c1. The maximum absolute atomic E-state index is 12.5. The molecule has 0 aliphatic heterocycles. The summed E-state index contributed by atoms with van der Waals surface area (Å²) in [4.78, 5) is 27.5. The molecule has 0 atom stereocenters. The topological polar surface area (TPSA) is 148 Å². The van der Waals surface area contributed by atoms with E-state index in [0.29, 0.717) is 0 Å². The number of carbonyl (C=O) groups excluding carboxylic acids is 2. The lowest BCUT2D eigenvalue weighted by Gasteiger charge is -2.23. The minimum atomic E-state index is -0.472. The Morgan fingerprint density at radius 3 is 1.32 bits per heavy atom. The Labute approximate surface area is 145 Å². The first kappa shape index (κ1) is 20.8. The van der Waals surface area contributed by atoms with Crippen LogP contribution in [0.2, 0.25) is 0 Å². The van der Waals surface area contributed by atoms with Gasteiger partial charge in [-0.3, -0.25) is 9.59 Å². The molecule has 2 amide bonds. The van der Waals surface area contributed by atoms with Gasteiger partial charge in [0.1, 0.15) is 0 Å². The Hall–Kier alpha value is -2.20. The van der Waals surface area contributed by atoms with E-state index in [0.717, 1.165) is 0 Å². The van der Waals surface area contributed by atoms with Gasteiger partial charge in [0.15, 0.2) is 0 Å². The van der Waals surface area contributed by atoms with Gasteiger partial charge in [-0.2, -0.15) is 0 Å². The average Bonchev–Trinajstić information content (AvgIpc) is 2.59. The number of nitrogen functional groups attached to an aromatic ring is 1. The summed E-state index contributed by atoms with van der Waals surface area (Å²) in [7, 11) is 0. The molecular weight excluding hydrogens is 330 g/mol. The Balaban J connectivity index is 3.12. The molecule has 0 radical (unpaired) electrons. The molecule has 9 heteroatoms. The molecule has 0 saturated heterocycles. The zero-order chi connectivity index (χ0) is 18.8. The minimum absolute atomic E-state index is 0.0403. The maximum Gasteiger partial charge on any atom is 0.254 e. The zero-order valence-electron chi connectivity index (χ0n) is 14.0. The van der Waals surface area contributed by atoms with Gasteiger partial charge in [-0.15, -0.1) is 0 Å². The number of benzene rings is 1. The summed E-state index contributed by atoms with van der Waals surface area (Å²) in [6, 6.07) is 4.18. The van der Waals surface area contributed by atoms with Crippen LogP contribution in [0.15, 0.2) is 18.2 Å². The molecular formula is C16H25N3O6. The van der Waals surface area contributed by atoms with Crippen molar-refractivity contribution in [2.75, 3.05) is 58.3 Å². The fourth-order valence-corrected chi connectivity index (χ4v) is 2.38. The predicted molar refractivity (Wildman–Crippen MR) is 91.0 cm³/mol. The normalized spacial score (nSPS) is 10.6. The molecule has 0 aliphatic carbocycles. The molecule has 25 heavy (non-hydrogen) atoms. The number of aliphatic hydroxyl groups excluding tert-OH is 4. The lowest BCUT2D eigenvalue weighted by Crippen LogP contribution is -2.37. The van der Waals surface area contributed by atoms with Crippen LogP contribution in [0.4, 0.5) is 5.69 Å². The van der Waals surface area contributed by atoms with Crippen LogP contribution in [0.5, 0.6) is 0 Å². The lowest BCUT2D eigenvalue weighted by molar-refractivity contribution is 0.0680. The number of hydrogen-bond donors (Lipinski definition) is 5. The molecule has 0 spiro atoms. The monoisotopic (exact) mass is 355 g/mol. The van der Waals surface area contributed by atoms with Crippen LogP contribution in [0, 0.1) is 0 Å². The largest absolute Gasteiger partial charge is 0.399 e. The van der Waals surface area contributed by atoms with Crippen molar-refractivity contribution >= 4 is 17.5 Å². The van der Waals surface area contributed by atoms with Crippen molar-refractivity contribution in [3.8, 4) is 0 Å². The van der Waals surface area contributed by atoms with Gasteiger partial charge in [-0.1, -0.05) is 0 Å². The number of hydrogen-bond acceptors (Lipinski definition) is 7. The van der Waals surface area contributed by atoms with Crippen LogP contribution in [0.25, 0.3) is 0 Å². The number of rotatable bonds is 10. The zero-order valence-corrected chi connectivity index (χ0v) is 14.0. The first-order valence-corrected chi connectivity index (χ1v) is 7.91. The number of carbonyl (C=O) groups is 2. The van der Waals surface area contributed by atoms with Crippen LogP contribution in [0.3, 0.4) is 0 Å². The summed E-state index contributed by atoms with van der Waals surface area (Å²) < 4.78 is 0. The third-order valence-electron chi connectivity index (χ3n) is 3.50. The third-order valence-corrected chi connectivity index (χ3v) is 3.50. The van der Waals surface area contributed by atoms with E-state index in [1.54, 1.807) is 0 Å². The molecule has 0 fully saturated rings. The van der Waals surface area contributed by atoms with Crippen molar-refractivity contribution in [3.05, 3.63) is 29.3 Å². The van der Waals surface area contributed by atoms with Crippen LogP contribution in [-0.2, 0) is 0 Å². The number of amides is 2. The molecule has 0 aromatic heterocycles. The summed E-state index contributed by atoms with van der Waals surface area (Å²) in [6.45, 7) is -0.892. The Kier molecular flexibility index (Phi) is 8.86. The fraction of sp³-hybridized carbons (Fsp3) is 0.500. The molecule has 0 unspecified atom stereocenters. The summed E-state index contributed by atoms with van der Waals surface area (Å²) >= 11 is 0. The molecule has 1 aromatic carbocycles. The molecule has 0 aliphatic rings. The molecule has 140 valence electrons. The second kappa shape index (κ2) is 10.6. The quantitative estimate of drug-likeness (QED) is 0.309. The van der Waals surface area contributed by atoms with Crippen molar-refractivity contribution in [2.45, 2.75) is 0 Å². The van der Waals surface area contributed by atoms with E-state index in [2.05, 4.69) is 0 Å². The predicted octanol–water partition coefficient (Wildman–Crippen LogP) is -1.88. The van der Waals surface area contributed by atoms with E-state index >= 15 is 0 Å². The third kappa shape index (κ3) is 5.98. The molecule has 0 saturated carbocycles. The van der Waals surface area contributed by atoms with E-state index in [1.807, 2.05) is 0 Å². The summed E-state index contributed by atoms with van der Waals surface area (Å²) in [5.74, 6) is -0.944. The summed E-state index contributed by atoms with van der Waals surface area (Å²) in [6.07, 6.45) is 0. The molecule has 0 bridgehead atoms. The number of aliphatic hydroxyl groups is 4. The number of nitrogens with zero attached hydrogens (tertiary/aromatic N) is 2. The highest BCUT2D eigenvalue weighted by atomic mass is 16.3. The molecule has 1 rings (SSSR count). The van der Waals surface area contributed by atoms with Crippen molar-refractivity contribution in [3.63, 3.8) is 0 Å². The van der Waals surface area contributed by atoms with Gasteiger partial charge in [0.2, 0.25) is 0 Å². The summed E-state index contributed by atoms with van der Waals surface area (Å²) in [5.41, 5.74) is 6.30.